The number of carbonyl (C=O) groups is 2. The smallest absolute Gasteiger partial charge is 0.328 e. The molecule has 1 unspecified atom stereocenters. The zero-order chi connectivity index (χ0) is 15.4. The Morgan fingerprint density at radius 3 is 2.90 bits per heavy atom. The lowest BCUT2D eigenvalue weighted by molar-refractivity contribution is -0.147. The van der Waals surface area contributed by atoms with Gasteiger partial charge in [-0.05, 0) is 18.2 Å². The molecule has 0 aliphatic carbocycles. The van der Waals surface area contributed by atoms with Gasteiger partial charge in [0.15, 0.2) is 6.04 Å². The van der Waals surface area contributed by atoms with E-state index < -0.39 is 18.0 Å². The Balaban J connectivity index is 2.11. The highest BCUT2D eigenvalue weighted by atomic mass is 35.5. The van der Waals surface area contributed by atoms with Gasteiger partial charge in [0.2, 0.25) is 0 Å². The van der Waals surface area contributed by atoms with E-state index in [-0.39, 0.29) is 24.8 Å². The summed E-state index contributed by atoms with van der Waals surface area (Å²) in [5.74, 6) is -1.12. The molecule has 1 aliphatic rings. The number of carboxylic acid groups (broad SMARTS) is 1. The maximum atomic E-state index is 12.1. The zero-order valence-electron chi connectivity index (χ0n) is 10.9. The molecule has 1 saturated heterocycles. The van der Waals surface area contributed by atoms with E-state index in [1.165, 1.54) is 23.1 Å². The van der Waals surface area contributed by atoms with Crippen LogP contribution in [-0.2, 0) is 9.53 Å². The Morgan fingerprint density at radius 1 is 1.52 bits per heavy atom. The molecule has 1 aromatic rings. The van der Waals surface area contributed by atoms with E-state index >= 15 is 0 Å². The van der Waals surface area contributed by atoms with Gasteiger partial charge in [-0.1, -0.05) is 11.6 Å². The molecule has 1 aliphatic heterocycles. The van der Waals surface area contributed by atoms with Crippen molar-refractivity contribution in [2.24, 2.45) is 0 Å². The zero-order valence-corrected chi connectivity index (χ0v) is 11.6. The van der Waals surface area contributed by atoms with Crippen molar-refractivity contribution in [3.05, 3.63) is 28.8 Å². The molecule has 7 nitrogen and oxygen atoms in total. The van der Waals surface area contributed by atoms with Crippen LogP contribution in [0, 0.1) is 11.3 Å². The molecule has 0 radical (unpaired) electrons. The predicted molar refractivity (Wildman–Crippen MR) is 74.1 cm³/mol. The van der Waals surface area contributed by atoms with E-state index in [0.29, 0.717) is 11.3 Å². The largest absolute Gasteiger partial charge is 0.480 e. The van der Waals surface area contributed by atoms with Gasteiger partial charge in [0.05, 0.1) is 23.8 Å². The van der Waals surface area contributed by atoms with Gasteiger partial charge in [-0.25, -0.2) is 9.59 Å². The highest BCUT2D eigenvalue weighted by molar-refractivity contribution is 6.32. The van der Waals surface area contributed by atoms with Gasteiger partial charge in [-0.3, -0.25) is 0 Å². The maximum Gasteiger partial charge on any atom is 0.328 e. The van der Waals surface area contributed by atoms with Gasteiger partial charge in [-0.15, -0.1) is 0 Å². The standard InChI is InChI=1S/C13H12ClN3O4/c14-10-5-9(2-1-8(10)6-15)16-13(20)17-3-4-21-7-11(17)12(18)19/h1-2,5,11H,3-4,7H2,(H,16,20)(H,18,19). The first-order valence-electron chi connectivity index (χ1n) is 6.10. The summed E-state index contributed by atoms with van der Waals surface area (Å²) >= 11 is 5.88. The van der Waals surface area contributed by atoms with Gasteiger partial charge in [0.25, 0.3) is 0 Å². The number of morpholine rings is 1. The molecule has 1 heterocycles. The number of benzene rings is 1. The predicted octanol–water partition coefficient (Wildman–Crippen LogP) is 1.53. The van der Waals surface area contributed by atoms with Gasteiger partial charge < -0.3 is 20.1 Å². The number of urea groups is 1. The Labute approximate surface area is 125 Å². The SMILES string of the molecule is N#Cc1ccc(NC(=O)N2CCOCC2C(=O)O)cc1Cl. The molecular weight excluding hydrogens is 298 g/mol. The maximum absolute atomic E-state index is 12.1. The number of anilines is 1. The monoisotopic (exact) mass is 309 g/mol. The molecule has 21 heavy (non-hydrogen) atoms. The molecule has 2 rings (SSSR count). The molecular formula is C13H12ClN3O4. The Kier molecular flexibility index (Phi) is 4.62. The number of nitrogens with zero attached hydrogens (tertiary/aromatic N) is 2. The fourth-order valence-electron chi connectivity index (χ4n) is 1.93. The number of nitriles is 1. The second-order valence-electron chi connectivity index (χ2n) is 4.36. The first-order chi connectivity index (χ1) is 10.0. The van der Waals surface area contributed by atoms with Crippen molar-refractivity contribution in [2.45, 2.75) is 6.04 Å². The quantitative estimate of drug-likeness (QED) is 0.862. The fourth-order valence-corrected chi connectivity index (χ4v) is 2.15. The van der Waals surface area contributed by atoms with Crippen LogP contribution in [0.2, 0.25) is 5.02 Å². The minimum absolute atomic E-state index is 0.0448. The normalized spacial score (nSPS) is 17.9. The van der Waals surface area contributed by atoms with Crippen LogP contribution in [0.3, 0.4) is 0 Å². The number of hydrogen-bond donors (Lipinski definition) is 2. The highest BCUT2D eigenvalue weighted by Gasteiger charge is 2.32. The summed E-state index contributed by atoms with van der Waals surface area (Å²) in [6.07, 6.45) is 0. The number of aliphatic carboxylic acids is 1. The number of hydrogen-bond acceptors (Lipinski definition) is 4. The summed E-state index contributed by atoms with van der Waals surface area (Å²) in [5, 5.41) is 20.6. The number of nitrogens with one attached hydrogen (secondary N) is 1. The lowest BCUT2D eigenvalue weighted by Crippen LogP contribution is -2.53. The first-order valence-corrected chi connectivity index (χ1v) is 6.48. The summed E-state index contributed by atoms with van der Waals surface area (Å²) in [5.41, 5.74) is 0.684. The topological polar surface area (TPSA) is 103 Å². The Morgan fingerprint density at radius 2 is 2.29 bits per heavy atom. The Hall–Kier alpha value is -2.30. The summed E-state index contributed by atoms with van der Waals surface area (Å²) < 4.78 is 5.06. The van der Waals surface area contributed by atoms with Crippen LogP contribution in [0.15, 0.2) is 18.2 Å². The van der Waals surface area contributed by atoms with Crippen LogP contribution < -0.4 is 5.32 Å². The van der Waals surface area contributed by atoms with Crippen molar-refractivity contribution >= 4 is 29.3 Å². The van der Waals surface area contributed by atoms with Crippen molar-refractivity contribution in [2.75, 3.05) is 25.1 Å². The number of carbonyl (C=O) groups excluding carboxylic acids is 1. The van der Waals surface area contributed by atoms with Crippen molar-refractivity contribution in [1.82, 2.24) is 4.90 Å². The lowest BCUT2D eigenvalue weighted by atomic mass is 10.2. The van der Waals surface area contributed by atoms with Gasteiger partial charge in [-0.2, -0.15) is 5.26 Å². The van der Waals surface area contributed by atoms with E-state index in [9.17, 15) is 9.59 Å². The minimum Gasteiger partial charge on any atom is -0.480 e. The molecule has 8 heteroatoms. The third kappa shape index (κ3) is 3.42. The van der Waals surface area contributed by atoms with E-state index in [2.05, 4.69) is 5.32 Å². The van der Waals surface area contributed by atoms with E-state index in [0.717, 1.165) is 0 Å². The van der Waals surface area contributed by atoms with E-state index in [1.807, 2.05) is 6.07 Å². The summed E-state index contributed by atoms with van der Waals surface area (Å²) in [4.78, 5) is 24.4. The minimum atomic E-state index is -1.12. The summed E-state index contributed by atoms with van der Waals surface area (Å²) in [6, 6.07) is 4.78. The van der Waals surface area contributed by atoms with Crippen LogP contribution in [0.5, 0.6) is 0 Å². The van der Waals surface area contributed by atoms with Crippen molar-refractivity contribution < 1.29 is 19.4 Å². The summed E-state index contributed by atoms with van der Waals surface area (Å²) in [6.45, 7) is 0.426. The highest BCUT2D eigenvalue weighted by Crippen LogP contribution is 2.21. The lowest BCUT2D eigenvalue weighted by Gasteiger charge is -2.32. The Bertz CT molecular complexity index is 614. The average Bonchev–Trinajstić information content (AvgIpc) is 2.47. The molecule has 0 aromatic heterocycles. The van der Waals surface area contributed by atoms with Gasteiger partial charge in [0.1, 0.15) is 6.07 Å². The van der Waals surface area contributed by atoms with Crippen molar-refractivity contribution in [3.8, 4) is 6.07 Å². The number of carboxylic acids is 1. The second kappa shape index (κ2) is 6.43. The van der Waals surface area contributed by atoms with Crippen LogP contribution in [0.1, 0.15) is 5.56 Å². The molecule has 2 amide bonds. The number of ether oxygens (including phenoxy) is 1. The average molecular weight is 310 g/mol. The van der Waals surface area contributed by atoms with Crippen LogP contribution >= 0.6 is 11.6 Å². The number of halogens is 1. The third-order valence-corrected chi connectivity index (χ3v) is 3.33. The molecule has 2 N–H and O–H groups in total. The van der Waals surface area contributed by atoms with E-state index in [4.69, 9.17) is 26.7 Å². The molecule has 1 fully saturated rings. The van der Waals surface area contributed by atoms with Crippen LogP contribution in [0.25, 0.3) is 0 Å². The number of rotatable bonds is 2. The molecule has 1 aromatic carbocycles. The number of amides is 2. The van der Waals surface area contributed by atoms with Gasteiger partial charge >= 0.3 is 12.0 Å². The summed E-state index contributed by atoms with van der Waals surface area (Å²) in [7, 11) is 0. The van der Waals surface area contributed by atoms with Crippen LogP contribution in [-0.4, -0.2) is 47.8 Å². The van der Waals surface area contributed by atoms with Crippen LogP contribution in [0.4, 0.5) is 10.5 Å². The fraction of sp³-hybridized carbons (Fsp3) is 0.308. The molecule has 1 atom stereocenters. The molecule has 0 spiro atoms. The van der Waals surface area contributed by atoms with Crippen molar-refractivity contribution in [1.29, 1.82) is 5.26 Å². The molecule has 110 valence electrons. The van der Waals surface area contributed by atoms with E-state index in [1.54, 1.807) is 0 Å². The van der Waals surface area contributed by atoms with Crippen molar-refractivity contribution in [3.63, 3.8) is 0 Å². The third-order valence-electron chi connectivity index (χ3n) is 3.02. The first kappa shape index (κ1) is 15.1. The second-order valence-corrected chi connectivity index (χ2v) is 4.77. The van der Waals surface area contributed by atoms with Gasteiger partial charge in [0, 0.05) is 12.2 Å². The molecule has 0 saturated carbocycles. The molecule has 0 bridgehead atoms.